The van der Waals surface area contributed by atoms with Crippen molar-refractivity contribution in [3.05, 3.63) is 11.9 Å². The van der Waals surface area contributed by atoms with Gasteiger partial charge < -0.3 is 5.32 Å². The summed E-state index contributed by atoms with van der Waals surface area (Å²) in [6.45, 7) is 7.62. The number of nitrogens with one attached hydrogen (secondary N) is 1. The lowest BCUT2D eigenvalue weighted by molar-refractivity contribution is 0.857. The van der Waals surface area contributed by atoms with Gasteiger partial charge in [0, 0.05) is 23.8 Å². The molecule has 1 saturated carbocycles. The molecule has 1 atom stereocenters. The number of hydrogen-bond acceptors (Lipinski definition) is 4. The lowest BCUT2D eigenvalue weighted by Gasteiger charge is -2.11. The van der Waals surface area contributed by atoms with Crippen LogP contribution >= 0.6 is 11.8 Å². The summed E-state index contributed by atoms with van der Waals surface area (Å²) >= 11 is 1.86. The molecule has 4 heteroatoms. The molecule has 0 radical (unpaired) electrons. The SMILES string of the molecule is CCCNc1cc(SC(C)CC)nc(C2CC2)n1. The highest BCUT2D eigenvalue weighted by Gasteiger charge is 2.27. The number of aromatic nitrogens is 2. The highest BCUT2D eigenvalue weighted by atomic mass is 32.2. The van der Waals surface area contributed by atoms with E-state index in [-0.39, 0.29) is 0 Å². The Morgan fingerprint density at radius 2 is 2.17 bits per heavy atom. The summed E-state index contributed by atoms with van der Waals surface area (Å²) < 4.78 is 0. The molecule has 2 rings (SSSR count). The lowest BCUT2D eigenvalue weighted by Crippen LogP contribution is -2.06. The van der Waals surface area contributed by atoms with E-state index in [1.165, 1.54) is 19.3 Å². The van der Waals surface area contributed by atoms with Crippen molar-refractivity contribution in [3.8, 4) is 0 Å². The monoisotopic (exact) mass is 265 g/mol. The van der Waals surface area contributed by atoms with Crippen LogP contribution in [0.2, 0.25) is 0 Å². The third-order valence-electron chi connectivity index (χ3n) is 3.12. The maximum absolute atomic E-state index is 4.70. The van der Waals surface area contributed by atoms with Gasteiger partial charge in [-0.15, -0.1) is 11.8 Å². The molecule has 1 aromatic heterocycles. The maximum atomic E-state index is 4.70. The van der Waals surface area contributed by atoms with Gasteiger partial charge in [0.05, 0.1) is 0 Å². The van der Waals surface area contributed by atoms with E-state index >= 15 is 0 Å². The van der Waals surface area contributed by atoms with E-state index in [9.17, 15) is 0 Å². The first-order chi connectivity index (χ1) is 8.72. The Kier molecular flexibility index (Phi) is 4.87. The Hall–Kier alpha value is -0.770. The highest BCUT2D eigenvalue weighted by molar-refractivity contribution is 7.99. The predicted octanol–water partition coefficient (Wildman–Crippen LogP) is 4.07. The van der Waals surface area contributed by atoms with Crippen molar-refractivity contribution < 1.29 is 0 Å². The largest absolute Gasteiger partial charge is 0.370 e. The van der Waals surface area contributed by atoms with Crippen LogP contribution in [-0.4, -0.2) is 21.8 Å². The van der Waals surface area contributed by atoms with Gasteiger partial charge in [-0.1, -0.05) is 20.8 Å². The average Bonchev–Trinajstić information content (AvgIpc) is 3.20. The molecule has 0 saturated heterocycles. The fraction of sp³-hybridized carbons (Fsp3) is 0.714. The number of rotatable bonds is 7. The predicted molar refractivity (Wildman–Crippen MR) is 78.4 cm³/mol. The van der Waals surface area contributed by atoms with Crippen LogP contribution in [0.15, 0.2) is 11.1 Å². The van der Waals surface area contributed by atoms with Gasteiger partial charge in [0.2, 0.25) is 0 Å². The standard InChI is InChI=1S/C14H23N3S/c1-4-8-15-12-9-13(18-10(3)5-2)17-14(16-12)11-6-7-11/h9-11H,4-8H2,1-3H3,(H,15,16,17). The van der Waals surface area contributed by atoms with Crippen LogP contribution in [-0.2, 0) is 0 Å². The summed E-state index contributed by atoms with van der Waals surface area (Å²) in [5, 5.41) is 5.13. The third-order valence-corrected chi connectivity index (χ3v) is 4.30. The van der Waals surface area contributed by atoms with Crippen LogP contribution < -0.4 is 5.32 Å². The maximum Gasteiger partial charge on any atom is 0.135 e. The summed E-state index contributed by atoms with van der Waals surface area (Å²) in [5.74, 6) is 2.66. The molecule has 18 heavy (non-hydrogen) atoms. The molecule has 1 aliphatic carbocycles. The smallest absolute Gasteiger partial charge is 0.135 e. The van der Waals surface area contributed by atoms with Gasteiger partial charge in [0.15, 0.2) is 0 Å². The molecule has 0 aliphatic heterocycles. The third kappa shape index (κ3) is 3.87. The van der Waals surface area contributed by atoms with E-state index in [4.69, 9.17) is 4.98 Å². The topological polar surface area (TPSA) is 37.8 Å². The van der Waals surface area contributed by atoms with Crippen LogP contribution in [0.4, 0.5) is 5.82 Å². The first-order valence-corrected chi connectivity index (χ1v) is 7.90. The molecule has 1 aromatic rings. The van der Waals surface area contributed by atoms with E-state index in [1.807, 2.05) is 11.8 Å². The van der Waals surface area contributed by atoms with E-state index in [0.717, 1.165) is 29.6 Å². The molecule has 1 unspecified atom stereocenters. The number of anilines is 1. The van der Waals surface area contributed by atoms with Crippen molar-refractivity contribution in [3.63, 3.8) is 0 Å². The van der Waals surface area contributed by atoms with E-state index in [2.05, 4.69) is 37.1 Å². The summed E-state index contributed by atoms with van der Waals surface area (Å²) in [5.41, 5.74) is 0. The van der Waals surface area contributed by atoms with Gasteiger partial charge in [0.25, 0.3) is 0 Å². The fourth-order valence-electron chi connectivity index (χ4n) is 1.66. The molecular weight excluding hydrogens is 242 g/mol. The van der Waals surface area contributed by atoms with Crippen LogP contribution in [0.3, 0.4) is 0 Å². The summed E-state index contributed by atoms with van der Waals surface area (Å²) in [7, 11) is 0. The van der Waals surface area contributed by atoms with Crippen LogP contribution in [0.25, 0.3) is 0 Å². The van der Waals surface area contributed by atoms with Crippen LogP contribution in [0, 0.1) is 0 Å². The number of thioether (sulfide) groups is 1. The van der Waals surface area contributed by atoms with Gasteiger partial charge in [-0.2, -0.15) is 0 Å². The normalized spacial score (nSPS) is 16.6. The molecule has 0 spiro atoms. The second-order valence-electron chi connectivity index (χ2n) is 4.99. The molecule has 100 valence electrons. The zero-order chi connectivity index (χ0) is 13.0. The van der Waals surface area contributed by atoms with Crippen molar-refractivity contribution >= 4 is 17.6 Å². The molecule has 0 aromatic carbocycles. The van der Waals surface area contributed by atoms with E-state index in [1.54, 1.807) is 0 Å². The zero-order valence-electron chi connectivity index (χ0n) is 11.6. The van der Waals surface area contributed by atoms with Gasteiger partial charge in [-0.25, -0.2) is 9.97 Å². The van der Waals surface area contributed by atoms with Crippen LogP contribution in [0.5, 0.6) is 0 Å². The van der Waals surface area contributed by atoms with E-state index < -0.39 is 0 Å². The molecular formula is C14H23N3S. The Morgan fingerprint density at radius 1 is 1.39 bits per heavy atom. The summed E-state index contributed by atoms with van der Waals surface area (Å²) in [4.78, 5) is 9.33. The van der Waals surface area contributed by atoms with Crippen molar-refractivity contribution in [1.82, 2.24) is 9.97 Å². The van der Waals surface area contributed by atoms with Crippen LogP contribution in [0.1, 0.15) is 58.2 Å². The average molecular weight is 265 g/mol. The lowest BCUT2D eigenvalue weighted by atomic mass is 10.4. The number of hydrogen-bond donors (Lipinski definition) is 1. The summed E-state index contributed by atoms with van der Waals surface area (Å²) in [6, 6.07) is 2.10. The van der Waals surface area contributed by atoms with Crippen molar-refractivity contribution in [2.45, 2.75) is 62.6 Å². The quantitative estimate of drug-likeness (QED) is 0.596. The van der Waals surface area contributed by atoms with E-state index in [0.29, 0.717) is 11.2 Å². The molecule has 1 aliphatic rings. The Morgan fingerprint density at radius 3 is 2.78 bits per heavy atom. The molecule has 1 fully saturated rings. The van der Waals surface area contributed by atoms with Gasteiger partial charge >= 0.3 is 0 Å². The first kappa shape index (κ1) is 13.7. The Bertz CT molecular complexity index is 391. The second kappa shape index (κ2) is 6.41. The molecule has 1 N–H and O–H groups in total. The van der Waals surface area contributed by atoms with Crippen molar-refractivity contribution in [1.29, 1.82) is 0 Å². The van der Waals surface area contributed by atoms with Crippen molar-refractivity contribution in [2.24, 2.45) is 0 Å². The highest BCUT2D eigenvalue weighted by Crippen LogP contribution is 2.39. The van der Waals surface area contributed by atoms with Gasteiger partial charge in [-0.05, 0) is 25.7 Å². The molecule has 3 nitrogen and oxygen atoms in total. The minimum Gasteiger partial charge on any atom is -0.370 e. The first-order valence-electron chi connectivity index (χ1n) is 7.02. The Balaban J connectivity index is 2.13. The molecule has 1 heterocycles. The Labute approximate surface area is 114 Å². The molecule has 0 amide bonds. The van der Waals surface area contributed by atoms with Gasteiger partial charge in [0.1, 0.15) is 16.7 Å². The zero-order valence-corrected chi connectivity index (χ0v) is 12.4. The minimum atomic E-state index is 0.615. The fourth-order valence-corrected chi connectivity index (χ4v) is 2.57. The summed E-state index contributed by atoms with van der Waals surface area (Å²) in [6.07, 6.45) is 4.80. The molecule has 0 bridgehead atoms. The van der Waals surface area contributed by atoms with Gasteiger partial charge in [-0.3, -0.25) is 0 Å². The number of nitrogens with zero attached hydrogens (tertiary/aromatic N) is 2. The second-order valence-corrected chi connectivity index (χ2v) is 6.45. The van der Waals surface area contributed by atoms with Crippen molar-refractivity contribution in [2.75, 3.05) is 11.9 Å². The minimum absolute atomic E-state index is 0.615.